The minimum atomic E-state index is -3.33. The fraction of sp³-hybridized carbons (Fsp3) is 0.500. The van der Waals surface area contributed by atoms with Crippen LogP contribution in [-0.2, 0) is 10.2 Å². The minimum absolute atomic E-state index is 0.0366. The first-order valence-electron chi connectivity index (χ1n) is 5.87. The molecule has 1 atom stereocenters. The maximum atomic E-state index is 12.2. The molecule has 0 bridgehead atoms. The summed E-state index contributed by atoms with van der Waals surface area (Å²) in [5.41, 5.74) is 1.06. The van der Waals surface area contributed by atoms with E-state index in [4.69, 9.17) is 0 Å². The Labute approximate surface area is 117 Å². The lowest BCUT2D eigenvalue weighted by molar-refractivity contribution is 0.362. The summed E-state index contributed by atoms with van der Waals surface area (Å²) in [6.07, 6.45) is 1.79. The Balaban J connectivity index is 2.31. The molecule has 6 heteroatoms. The van der Waals surface area contributed by atoms with E-state index in [1.165, 1.54) is 4.31 Å². The van der Waals surface area contributed by atoms with Crippen molar-refractivity contribution in [3.05, 3.63) is 34.3 Å². The standard InChI is InChI=1S/C12H17BrN2O2S/c1-14(2)18(16,17)15-9-3-4-12(15)10-5-7-11(13)8-6-10/h5-8,12H,3-4,9H2,1-2H3. The molecule has 2 rings (SSSR count). The van der Waals surface area contributed by atoms with E-state index in [2.05, 4.69) is 15.9 Å². The Bertz CT molecular complexity index is 513. The van der Waals surface area contributed by atoms with Gasteiger partial charge in [0.25, 0.3) is 10.2 Å². The number of nitrogens with zero attached hydrogens (tertiary/aromatic N) is 2. The molecule has 1 aromatic carbocycles. The molecule has 1 saturated heterocycles. The Morgan fingerprint density at radius 3 is 2.44 bits per heavy atom. The molecule has 0 amide bonds. The van der Waals surface area contributed by atoms with Gasteiger partial charge in [-0.05, 0) is 30.5 Å². The molecule has 1 aliphatic heterocycles. The second-order valence-electron chi connectivity index (χ2n) is 4.61. The summed E-state index contributed by atoms with van der Waals surface area (Å²) in [4.78, 5) is 0. The molecule has 1 heterocycles. The molecule has 4 nitrogen and oxygen atoms in total. The molecule has 0 radical (unpaired) electrons. The van der Waals surface area contributed by atoms with Crippen molar-refractivity contribution in [1.29, 1.82) is 0 Å². The van der Waals surface area contributed by atoms with Crippen molar-refractivity contribution >= 4 is 26.1 Å². The molecule has 0 aliphatic carbocycles. The summed E-state index contributed by atoms with van der Waals surface area (Å²) < 4.78 is 28.3. The molecule has 0 saturated carbocycles. The Morgan fingerprint density at radius 1 is 1.28 bits per heavy atom. The lowest BCUT2D eigenvalue weighted by atomic mass is 10.1. The van der Waals surface area contributed by atoms with Gasteiger partial charge in [0.1, 0.15) is 0 Å². The zero-order chi connectivity index (χ0) is 13.3. The van der Waals surface area contributed by atoms with Gasteiger partial charge in [-0.3, -0.25) is 0 Å². The second kappa shape index (κ2) is 5.28. The Morgan fingerprint density at radius 2 is 1.89 bits per heavy atom. The van der Waals surface area contributed by atoms with Crippen LogP contribution in [0.2, 0.25) is 0 Å². The van der Waals surface area contributed by atoms with E-state index in [1.807, 2.05) is 24.3 Å². The molecular weight excluding hydrogens is 316 g/mol. The fourth-order valence-corrected chi connectivity index (χ4v) is 3.84. The topological polar surface area (TPSA) is 40.6 Å². The molecule has 1 aliphatic rings. The predicted molar refractivity (Wildman–Crippen MR) is 75.4 cm³/mol. The van der Waals surface area contributed by atoms with E-state index >= 15 is 0 Å². The zero-order valence-electron chi connectivity index (χ0n) is 10.5. The van der Waals surface area contributed by atoms with Gasteiger partial charge >= 0.3 is 0 Å². The molecule has 1 unspecified atom stereocenters. The Hall–Kier alpha value is -0.430. The van der Waals surface area contributed by atoms with Gasteiger partial charge in [0, 0.05) is 25.1 Å². The number of rotatable bonds is 3. The number of hydrogen-bond donors (Lipinski definition) is 0. The van der Waals surface area contributed by atoms with Crippen molar-refractivity contribution < 1.29 is 8.42 Å². The summed E-state index contributed by atoms with van der Waals surface area (Å²) in [6, 6.07) is 7.84. The number of benzene rings is 1. The van der Waals surface area contributed by atoms with Crippen LogP contribution >= 0.6 is 15.9 Å². The van der Waals surface area contributed by atoms with E-state index in [0.29, 0.717) is 6.54 Å². The van der Waals surface area contributed by atoms with E-state index in [0.717, 1.165) is 22.9 Å². The summed E-state index contributed by atoms with van der Waals surface area (Å²) in [5, 5.41) is 0. The van der Waals surface area contributed by atoms with Crippen LogP contribution in [0.5, 0.6) is 0 Å². The van der Waals surface area contributed by atoms with Gasteiger partial charge in [-0.25, -0.2) is 0 Å². The van der Waals surface area contributed by atoms with Gasteiger partial charge in [0.05, 0.1) is 6.04 Å². The van der Waals surface area contributed by atoms with Crippen LogP contribution in [0.1, 0.15) is 24.4 Å². The maximum Gasteiger partial charge on any atom is 0.282 e. The van der Waals surface area contributed by atoms with Crippen LogP contribution in [0.4, 0.5) is 0 Å². The SMILES string of the molecule is CN(C)S(=O)(=O)N1CCCC1c1ccc(Br)cc1. The minimum Gasteiger partial charge on any atom is -0.195 e. The highest BCUT2D eigenvalue weighted by Gasteiger charge is 2.36. The van der Waals surface area contributed by atoms with Gasteiger partial charge in [0.2, 0.25) is 0 Å². The normalized spacial score (nSPS) is 21.7. The average molecular weight is 333 g/mol. The van der Waals surface area contributed by atoms with Crippen molar-refractivity contribution in [2.24, 2.45) is 0 Å². The highest BCUT2D eigenvalue weighted by atomic mass is 79.9. The third-order valence-corrected chi connectivity index (χ3v) is 5.70. The van der Waals surface area contributed by atoms with Crippen molar-refractivity contribution in [1.82, 2.24) is 8.61 Å². The largest absolute Gasteiger partial charge is 0.282 e. The monoisotopic (exact) mass is 332 g/mol. The molecule has 0 aromatic heterocycles. The van der Waals surface area contributed by atoms with Gasteiger partial charge in [-0.15, -0.1) is 0 Å². The smallest absolute Gasteiger partial charge is 0.195 e. The molecule has 1 aromatic rings. The summed E-state index contributed by atoms with van der Waals surface area (Å²) in [5.74, 6) is 0. The van der Waals surface area contributed by atoms with Crippen LogP contribution in [0.3, 0.4) is 0 Å². The summed E-state index contributed by atoms with van der Waals surface area (Å²) >= 11 is 3.39. The first-order chi connectivity index (χ1) is 8.43. The molecule has 0 N–H and O–H groups in total. The van der Waals surface area contributed by atoms with Gasteiger partial charge in [0.15, 0.2) is 0 Å². The van der Waals surface area contributed by atoms with Gasteiger partial charge < -0.3 is 0 Å². The molecule has 100 valence electrons. The van der Waals surface area contributed by atoms with Gasteiger partial charge in [-0.2, -0.15) is 17.0 Å². The summed E-state index contributed by atoms with van der Waals surface area (Å²) in [7, 11) is -0.178. The van der Waals surface area contributed by atoms with Crippen LogP contribution < -0.4 is 0 Å². The van der Waals surface area contributed by atoms with Crippen LogP contribution in [0.25, 0.3) is 0 Å². The number of hydrogen-bond acceptors (Lipinski definition) is 2. The van der Waals surface area contributed by atoms with Gasteiger partial charge in [-0.1, -0.05) is 28.1 Å². The van der Waals surface area contributed by atoms with E-state index in [9.17, 15) is 8.42 Å². The molecule has 1 fully saturated rings. The second-order valence-corrected chi connectivity index (χ2v) is 7.62. The van der Waals surface area contributed by atoms with Crippen LogP contribution in [-0.4, -0.2) is 37.7 Å². The van der Waals surface area contributed by atoms with Crippen molar-refractivity contribution in [2.45, 2.75) is 18.9 Å². The van der Waals surface area contributed by atoms with Crippen LogP contribution in [0, 0.1) is 0 Å². The van der Waals surface area contributed by atoms with E-state index in [1.54, 1.807) is 18.4 Å². The third-order valence-electron chi connectivity index (χ3n) is 3.22. The van der Waals surface area contributed by atoms with Crippen molar-refractivity contribution in [2.75, 3.05) is 20.6 Å². The zero-order valence-corrected chi connectivity index (χ0v) is 12.9. The van der Waals surface area contributed by atoms with E-state index in [-0.39, 0.29) is 6.04 Å². The highest BCUT2D eigenvalue weighted by molar-refractivity contribution is 9.10. The van der Waals surface area contributed by atoms with Crippen molar-refractivity contribution in [3.63, 3.8) is 0 Å². The molecule has 0 spiro atoms. The highest BCUT2D eigenvalue weighted by Crippen LogP contribution is 2.35. The third kappa shape index (κ3) is 2.61. The fourth-order valence-electron chi connectivity index (χ4n) is 2.24. The predicted octanol–water partition coefficient (Wildman–Crippen LogP) is 2.39. The molecule has 18 heavy (non-hydrogen) atoms. The number of halogens is 1. The average Bonchev–Trinajstić information content (AvgIpc) is 2.79. The van der Waals surface area contributed by atoms with E-state index < -0.39 is 10.2 Å². The molecular formula is C12H17BrN2O2S. The lowest BCUT2D eigenvalue weighted by Gasteiger charge is -2.27. The summed E-state index contributed by atoms with van der Waals surface area (Å²) in [6.45, 7) is 0.598. The Kier molecular flexibility index (Phi) is 4.11. The lowest BCUT2D eigenvalue weighted by Crippen LogP contribution is -2.39. The quantitative estimate of drug-likeness (QED) is 0.852. The first kappa shape index (κ1) is 14.0. The maximum absolute atomic E-state index is 12.2. The van der Waals surface area contributed by atoms with Crippen molar-refractivity contribution in [3.8, 4) is 0 Å². The first-order valence-corrected chi connectivity index (χ1v) is 8.06. The van der Waals surface area contributed by atoms with Crippen LogP contribution in [0.15, 0.2) is 28.7 Å².